The first-order valence-electron chi connectivity index (χ1n) is 8.04. The molecule has 0 radical (unpaired) electrons. The number of carbonyl (C=O) groups is 1. The average molecular weight is 346 g/mol. The molecule has 0 spiro atoms. The van der Waals surface area contributed by atoms with Gasteiger partial charge in [-0.2, -0.15) is 0 Å². The Bertz CT molecular complexity index is 684. The van der Waals surface area contributed by atoms with Gasteiger partial charge in [-0.1, -0.05) is 0 Å². The van der Waals surface area contributed by atoms with Crippen molar-refractivity contribution in [3.8, 4) is 11.4 Å². The fourth-order valence-corrected chi connectivity index (χ4v) is 3.96. The Kier molecular flexibility index (Phi) is 5.48. The van der Waals surface area contributed by atoms with E-state index in [0.29, 0.717) is 25.5 Å². The molecule has 1 amide bonds. The van der Waals surface area contributed by atoms with Crippen molar-refractivity contribution in [3.05, 3.63) is 48.3 Å². The number of carbonyl (C=O) groups excluding carboxylic acids is 1. The largest absolute Gasteiger partial charge is 0.494 e. The number of rotatable bonds is 7. The molecule has 1 aliphatic heterocycles. The van der Waals surface area contributed by atoms with E-state index in [4.69, 9.17) is 9.47 Å². The summed E-state index contributed by atoms with van der Waals surface area (Å²) in [5.74, 6) is 1.58. The molecule has 0 aliphatic carbocycles. The molecule has 1 aliphatic rings. The minimum atomic E-state index is 0.0663. The SMILES string of the molecule is CCOc1ccc(-n2ccc(C3SCC(=O)N3CCOC)c2)cc1. The van der Waals surface area contributed by atoms with Crippen molar-refractivity contribution in [2.45, 2.75) is 12.3 Å². The van der Waals surface area contributed by atoms with Crippen molar-refractivity contribution < 1.29 is 14.3 Å². The maximum absolute atomic E-state index is 12.1. The highest BCUT2D eigenvalue weighted by atomic mass is 32.2. The van der Waals surface area contributed by atoms with Gasteiger partial charge >= 0.3 is 0 Å². The van der Waals surface area contributed by atoms with Gasteiger partial charge in [0.2, 0.25) is 5.91 Å². The molecular formula is C18H22N2O3S. The number of nitrogens with zero attached hydrogens (tertiary/aromatic N) is 2. The van der Waals surface area contributed by atoms with Gasteiger partial charge in [-0.15, -0.1) is 11.8 Å². The van der Waals surface area contributed by atoms with E-state index >= 15 is 0 Å². The van der Waals surface area contributed by atoms with Gasteiger partial charge in [0.05, 0.1) is 19.0 Å². The van der Waals surface area contributed by atoms with Crippen LogP contribution in [0.5, 0.6) is 5.75 Å². The lowest BCUT2D eigenvalue weighted by molar-refractivity contribution is -0.128. The minimum absolute atomic E-state index is 0.0663. The number of amides is 1. The summed E-state index contributed by atoms with van der Waals surface area (Å²) >= 11 is 1.67. The van der Waals surface area contributed by atoms with Crippen molar-refractivity contribution in [2.24, 2.45) is 0 Å². The Labute approximate surface area is 146 Å². The van der Waals surface area contributed by atoms with Crippen LogP contribution in [0.2, 0.25) is 0 Å². The molecule has 1 aromatic carbocycles. The fourth-order valence-electron chi connectivity index (χ4n) is 2.76. The van der Waals surface area contributed by atoms with Gasteiger partial charge in [0.15, 0.2) is 0 Å². The molecule has 5 nitrogen and oxygen atoms in total. The quantitative estimate of drug-likeness (QED) is 0.773. The lowest BCUT2D eigenvalue weighted by Crippen LogP contribution is -2.31. The van der Waals surface area contributed by atoms with E-state index < -0.39 is 0 Å². The second kappa shape index (κ2) is 7.77. The van der Waals surface area contributed by atoms with Gasteiger partial charge in [-0.25, -0.2) is 0 Å². The molecule has 1 aromatic heterocycles. The van der Waals surface area contributed by atoms with E-state index in [9.17, 15) is 4.79 Å². The van der Waals surface area contributed by atoms with Crippen LogP contribution in [0.15, 0.2) is 42.7 Å². The Morgan fingerprint density at radius 3 is 2.75 bits per heavy atom. The molecule has 1 unspecified atom stereocenters. The number of hydrogen-bond donors (Lipinski definition) is 0. The predicted octanol–water partition coefficient (Wildman–Crippen LogP) is 3.10. The molecule has 2 heterocycles. The number of hydrogen-bond acceptors (Lipinski definition) is 4. The van der Waals surface area contributed by atoms with Crippen molar-refractivity contribution >= 4 is 17.7 Å². The Morgan fingerprint density at radius 2 is 2.04 bits per heavy atom. The number of aromatic nitrogens is 1. The van der Waals surface area contributed by atoms with Crippen molar-refractivity contribution in [1.29, 1.82) is 0 Å². The van der Waals surface area contributed by atoms with Crippen LogP contribution in [-0.2, 0) is 9.53 Å². The summed E-state index contributed by atoms with van der Waals surface area (Å²) in [6.45, 7) is 3.82. The number of methoxy groups -OCH3 is 1. The highest BCUT2D eigenvalue weighted by Crippen LogP contribution is 2.38. The summed E-state index contributed by atoms with van der Waals surface area (Å²) < 4.78 is 12.7. The average Bonchev–Trinajstić information content (AvgIpc) is 3.21. The second-order valence-corrected chi connectivity index (χ2v) is 6.59. The number of thioether (sulfide) groups is 1. The maximum Gasteiger partial charge on any atom is 0.233 e. The van der Waals surface area contributed by atoms with Crippen LogP contribution < -0.4 is 4.74 Å². The van der Waals surface area contributed by atoms with E-state index in [0.717, 1.165) is 17.0 Å². The standard InChI is InChI=1S/C18H22N2O3S/c1-3-23-16-6-4-15(5-7-16)19-9-8-14(12-19)18-20(10-11-22-2)17(21)13-24-18/h4-9,12,18H,3,10-11,13H2,1-2H3. The third kappa shape index (κ3) is 3.60. The summed E-state index contributed by atoms with van der Waals surface area (Å²) in [5.41, 5.74) is 2.21. The summed E-state index contributed by atoms with van der Waals surface area (Å²) in [6, 6.07) is 10.1. The molecule has 1 fully saturated rings. The molecule has 24 heavy (non-hydrogen) atoms. The predicted molar refractivity (Wildman–Crippen MR) is 95.7 cm³/mol. The Hall–Kier alpha value is -1.92. The molecule has 0 saturated carbocycles. The third-order valence-corrected chi connectivity index (χ3v) is 5.21. The summed E-state index contributed by atoms with van der Waals surface area (Å²) in [5, 5.41) is 0.0663. The van der Waals surface area contributed by atoms with Crippen LogP contribution >= 0.6 is 11.8 Å². The first-order valence-corrected chi connectivity index (χ1v) is 9.09. The van der Waals surface area contributed by atoms with Crippen LogP contribution in [0.4, 0.5) is 0 Å². The zero-order chi connectivity index (χ0) is 16.9. The van der Waals surface area contributed by atoms with E-state index in [1.807, 2.05) is 42.3 Å². The summed E-state index contributed by atoms with van der Waals surface area (Å²) in [4.78, 5) is 14.0. The van der Waals surface area contributed by atoms with Crippen LogP contribution in [0.25, 0.3) is 5.69 Å². The van der Waals surface area contributed by atoms with Gasteiger partial charge in [-0.3, -0.25) is 4.79 Å². The summed E-state index contributed by atoms with van der Waals surface area (Å²) in [6.07, 6.45) is 4.12. The topological polar surface area (TPSA) is 43.7 Å². The fraction of sp³-hybridized carbons (Fsp3) is 0.389. The molecule has 1 saturated heterocycles. The van der Waals surface area contributed by atoms with E-state index in [-0.39, 0.29) is 11.3 Å². The number of ether oxygens (including phenoxy) is 2. The lowest BCUT2D eigenvalue weighted by Gasteiger charge is -2.22. The lowest BCUT2D eigenvalue weighted by atomic mass is 10.3. The molecule has 6 heteroatoms. The molecule has 0 N–H and O–H groups in total. The molecule has 0 bridgehead atoms. The van der Waals surface area contributed by atoms with Crippen molar-refractivity contribution in [1.82, 2.24) is 9.47 Å². The van der Waals surface area contributed by atoms with E-state index in [2.05, 4.69) is 16.8 Å². The third-order valence-electron chi connectivity index (χ3n) is 3.95. The van der Waals surface area contributed by atoms with Crippen molar-refractivity contribution in [2.75, 3.05) is 32.6 Å². The molecule has 128 valence electrons. The van der Waals surface area contributed by atoms with Gasteiger partial charge in [0.1, 0.15) is 11.1 Å². The van der Waals surface area contributed by atoms with Crippen LogP contribution in [0.3, 0.4) is 0 Å². The highest BCUT2D eigenvalue weighted by Gasteiger charge is 2.32. The zero-order valence-electron chi connectivity index (χ0n) is 14.0. The number of benzene rings is 1. The summed E-state index contributed by atoms with van der Waals surface area (Å²) in [7, 11) is 1.66. The molecule has 1 atom stereocenters. The molecular weight excluding hydrogens is 324 g/mol. The highest BCUT2D eigenvalue weighted by molar-refractivity contribution is 8.00. The van der Waals surface area contributed by atoms with Gasteiger partial charge in [0.25, 0.3) is 0 Å². The van der Waals surface area contributed by atoms with Crippen LogP contribution in [-0.4, -0.2) is 48.0 Å². The zero-order valence-corrected chi connectivity index (χ0v) is 14.8. The smallest absolute Gasteiger partial charge is 0.233 e. The van der Waals surface area contributed by atoms with Crippen molar-refractivity contribution in [3.63, 3.8) is 0 Å². The maximum atomic E-state index is 12.1. The molecule has 2 aromatic rings. The van der Waals surface area contributed by atoms with Crippen LogP contribution in [0, 0.1) is 0 Å². The van der Waals surface area contributed by atoms with E-state index in [1.165, 1.54) is 0 Å². The Balaban J connectivity index is 1.76. The van der Waals surface area contributed by atoms with Gasteiger partial charge < -0.3 is 18.9 Å². The van der Waals surface area contributed by atoms with Gasteiger partial charge in [0, 0.05) is 37.3 Å². The van der Waals surface area contributed by atoms with Crippen LogP contribution in [0.1, 0.15) is 17.9 Å². The first-order chi connectivity index (χ1) is 11.7. The second-order valence-electron chi connectivity index (χ2n) is 5.52. The Morgan fingerprint density at radius 1 is 1.25 bits per heavy atom. The van der Waals surface area contributed by atoms with Gasteiger partial charge in [-0.05, 0) is 37.3 Å². The molecule has 3 rings (SSSR count). The monoisotopic (exact) mass is 346 g/mol. The van der Waals surface area contributed by atoms with E-state index in [1.54, 1.807) is 18.9 Å². The normalized spacial score (nSPS) is 17.5. The first kappa shape index (κ1) is 16.9. The minimum Gasteiger partial charge on any atom is -0.494 e.